The Morgan fingerprint density at radius 1 is 1.67 bits per heavy atom. The quantitative estimate of drug-likeness (QED) is 0.733. The van der Waals surface area contributed by atoms with Crippen LogP contribution in [-0.2, 0) is 0 Å². The van der Waals surface area contributed by atoms with Crippen molar-refractivity contribution in [3.63, 3.8) is 0 Å². The number of thiazole rings is 1. The highest BCUT2D eigenvalue weighted by molar-refractivity contribution is 7.11. The molecule has 0 amide bonds. The zero-order chi connectivity index (χ0) is 9.14. The topological polar surface area (TPSA) is 64.9 Å². The minimum Gasteiger partial charge on any atom is -0.404 e. The van der Waals surface area contributed by atoms with Crippen molar-refractivity contribution in [1.29, 1.82) is 0 Å². The van der Waals surface area contributed by atoms with E-state index in [0.29, 0.717) is 11.7 Å². The van der Waals surface area contributed by atoms with Gasteiger partial charge in [-0.3, -0.25) is 0 Å². The summed E-state index contributed by atoms with van der Waals surface area (Å²) in [6.45, 7) is 4.16. The number of rotatable bonds is 2. The maximum Gasteiger partial charge on any atom is 0.142 e. The van der Waals surface area contributed by atoms with Crippen molar-refractivity contribution in [3.05, 3.63) is 16.6 Å². The highest BCUT2D eigenvalue weighted by Gasteiger charge is 2.11. The number of anilines is 1. The van der Waals surface area contributed by atoms with Crippen LogP contribution < -0.4 is 11.5 Å². The van der Waals surface area contributed by atoms with Gasteiger partial charge in [0.2, 0.25) is 0 Å². The van der Waals surface area contributed by atoms with Gasteiger partial charge in [-0.05, 0) is 17.7 Å². The maximum absolute atomic E-state index is 5.66. The van der Waals surface area contributed by atoms with Gasteiger partial charge in [0, 0.05) is 0 Å². The highest BCUT2D eigenvalue weighted by Crippen LogP contribution is 2.29. The Morgan fingerprint density at radius 3 is 2.67 bits per heavy atom. The first-order valence-electron chi connectivity index (χ1n) is 3.78. The summed E-state index contributed by atoms with van der Waals surface area (Å²) in [6.07, 6.45) is 1.61. The van der Waals surface area contributed by atoms with Crippen LogP contribution in [0.15, 0.2) is 11.7 Å². The normalized spacial score (nSPS) is 12.4. The van der Waals surface area contributed by atoms with Gasteiger partial charge < -0.3 is 11.5 Å². The molecule has 0 bridgehead atoms. The van der Waals surface area contributed by atoms with E-state index in [1.807, 2.05) is 0 Å². The molecule has 66 valence electrons. The molecule has 0 saturated carbocycles. The van der Waals surface area contributed by atoms with E-state index in [-0.39, 0.29) is 0 Å². The summed E-state index contributed by atoms with van der Waals surface area (Å²) in [5, 5.41) is 0. The van der Waals surface area contributed by atoms with Gasteiger partial charge in [0.15, 0.2) is 0 Å². The number of hydrogen-bond donors (Lipinski definition) is 2. The smallest absolute Gasteiger partial charge is 0.142 e. The summed E-state index contributed by atoms with van der Waals surface area (Å²) in [5.41, 5.74) is 14.0. The lowest BCUT2D eigenvalue weighted by Crippen LogP contribution is -1.98. The van der Waals surface area contributed by atoms with Crippen LogP contribution in [0.1, 0.15) is 18.7 Å². The minimum absolute atomic E-state index is 0.387. The lowest BCUT2D eigenvalue weighted by Gasteiger charge is -2.07. The summed E-state index contributed by atoms with van der Waals surface area (Å²) < 4.78 is 0. The molecular formula is C8H13N3S. The van der Waals surface area contributed by atoms with Crippen LogP contribution in [0.25, 0.3) is 5.57 Å². The number of nitrogens with two attached hydrogens (primary N) is 2. The second kappa shape index (κ2) is 3.58. The van der Waals surface area contributed by atoms with Crippen molar-refractivity contribution >= 4 is 22.7 Å². The molecule has 3 nitrogen and oxygen atoms in total. The molecule has 0 unspecified atom stereocenters. The number of allylic oxidation sites excluding steroid dienone is 1. The van der Waals surface area contributed by atoms with Crippen molar-refractivity contribution in [1.82, 2.24) is 4.98 Å². The largest absolute Gasteiger partial charge is 0.404 e. The number of aromatic nitrogens is 1. The van der Waals surface area contributed by atoms with Crippen molar-refractivity contribution in [2.45, 2.75) is 13.8 Å². The molecule has 0 spiro atoms. The maximum atomic E-state index is 5.66. The zero-order valence-electron chi connectivity index (χ0n) is 7.24. The SMILES string of the molecule is CC(C)/C(=C/N)c1scnc1N. The first-order valence-corrected chi connectivity index (χ1v) is 4.66. The molecule has 12 heavy (non-hydrogen) atoms. The Bertz CT molecular complexity index is 288. The lowest BCUT2D eigenvalue weighted by molar-refractivity contribution is 0.856. The number of nitrogens with zero attached hydrogens (tertiary/aromatic N) is 1. The van der Waals surface area contributed by atoms with E-state index < -0.39 is 0 Å². The fraction of sp³-hybridized carbons (Fsp3) is 0.375. The van der Waals surface area contributed by atoms with Gasteiger partial charge >= 0.3 is 0 Å². The third-order valence-corrected chi connectivity index (χ3v) is 2.55. The number of nitrogen functional groups attached to an aromatic ring is 1. The van der Waals surface area contributed by atoms with Crippen molar-refractivity contribution < 1.29 is 0 Å². The lowest BCUT2D eigenvalue weighted by atomic mass is 10.0. The Balaban J connectivity index is 3.04. The number of hydrogen-bond acceptors (Lipinski definition) is 4. The monoisotopic (exact) mass is 183 g/mol. The molecule has 0 aliphatic carbocycles. The molecule has 0 aromatic carbocycles. The van der Waals surface area contributed by atoms with Gasteiger partial charge in [-0.25, -0.2) is 4.98 Å². The van der Waals surface area contributed by atoms with Crippen LogP contribution in [0.3, 0.4) is 0 Å². The second-order valence-electron chi connectivity index (χ2n) is 2.84. The van der Waals surface area contributed by atoms with Crippen LogP contribution in [0.4, 0.5) is 5.82 Å². The summed E-state index contributed by atoms with van der Waals surface area (Å²) >= 11 is 1.53. The molecule has 0 radical (unpaired) electrons. The van der Waals surface area contributed by atoms with Crippen molar-refractivity contribution in [2.75, 3.05) is 5.73 Å². The minimum atomic E-state index is 0.387. The van der Waals surface area contributed by atoms with Crippen LogP contribution >= 0.6 is 11.3 Å². The summed E-state index contributed by atoms with van der Waals surface area (Å²) in [7, 11) is 0. The van der Waals surface area contributed by atoms with E-state index in [9.17, 15) is 0 Å². The van der Waals surface area contributed by atoms with Crippen LogP contribution in [-0.4, -0.2) is 4.98 Å². The standard InChI is InChI=1S/C8H13N3S/c1-5(2)6(3-9)7-8(10)11-4-12-7/h3-5H,9-10H2,1-2H3/b6-3-. The molecular weight excluding hydrogens is 170 g/mol. The molecule has 0 saturated heterocycles. The Kier molecular flexibility index (Phi) is 2.70. The predicted octanol–water partition coefficient (Wildman–Crippen LogP) is 1.68. The van der Waals surface area contributed by atoms with E-state index in [4.69, 9.17) is 11.5 Å². The fourth-order valence-corrected chi connectivity index (χ4v) is 1.89. The van der Waals surface area contributed by atoms with Crippen LogP contribution in [0.5, 0.6) is 0 Å². The van der Waals surface area contributed by atoms with Gasteiger partial charge in [0.1, 0.15) is 5.82 Å². The molecule has 4 heteroatoms. The average Bonchev–Trinajstić information content (AvgIpc) is 2.38. The summed E-state index contributed by atoms with van der Waals surface area (Å²) in [6, 6.07) is 0. The Morgan fingerprint density at radius 2 is 2.33 bits per heavy atom. The Hall–Kier alpha value is -1.03. The van der Waals surface area contributed by atoms with Crippen molar-refractivity contribution in [3.8, 4) is 0 Å². The van der Waals surface area contributed by atoms with Gasteiger partial charge in [-0.2, -0.15) is 0 Å². The molecule has 1 heterocycles. The molecule has 0 atom stereocenters. The highest BCUT2D eigenvalue weighted by atomic mass is 32.1. The molecule has 0 fully saturated rings. The molecule has 0 aliphatic heterocycles. The average molecular weight is 183 g/mol. The van der Waals surface area contributed by atoms with Crippen LogP contribution in [0, 0.1) is 5.92 Å². The second-order valence-corrected chi connectivity index (χ2v) is 3.70. The van der Waals surface area contributed by atoms with Gasteiger partial charge in [-0.1, -0.05) is 13.8 Å². The van der Waals surface area contributed by atoms with Gasteiger partial charge in [0.25, 0.3) is 0 Å². The molecule has 4 N–H and O–H groups in total. The third-order valence-electron chi connectivity index (χ3n) is 1.66. The Labute approximate surface area is 76.1 Å². The first-order chi connectivity index (χ1) is 5.66. The summed E-state index contributed by atoms with van der Waals surface area (Å²) in [4.78, 5) is 4.96. The fourth-order valence-electron chi connectivity index (χ4n) is 1.00. The molecule has 0 aliphatic rings. The zero-order valence-corrected chi connectivity index (χ0v) is 8.06. The predicted molar refractivity (Wildman–Crippen MR) is 53.5 cm³/mol. The van der Waals surface area contributed by atoms with E-state index in [2.05, 4.69) is 18.8 Å². The third kappa shape index (κ3) is 1.58. The van der Waals surface area contributed by atoms with Crippen LogP contribution in [0.2, 0.25) is 0 Å². The van der Waals surface area contributed by atoms with Gasteiger partial charge in [0.05, 0.1) is 10.4 Å². The first kappa shape index (κ1) is 9.06. The van der Waals surface area contributed by atoms with E-state index in [1.54, 1.807) is 11.7 Å². The van der Waals surface area contributed by atoms with E-state index in [0.717, 1.165) is 10.5 Å². The van der Waals surface area contributed by atoms with E-state index in [1.165, 1.54) is 11.3 Å². The van der Waals surface area contributed by atoms with Gasteiger partial charge in [-0.15, -0.1) is 11.3 Å². The van der Waals surface area contributed by atoms with Crippen molar-refractivity contribution in [2.24, 2.45) is 11.7 Å². The van der Waals surface area contributed by atoms with E-state index >= 15 is 0 Å². The molecule has 1 aromatic rings. The molecule has 1 rings (SSSR count). The summed E-state index contributed by atoms with van der Waals surface area (Å²) in [5.74, 6) is 0.961. The molecule has 1 aromatic heterocycles.